The standard InChI is InChI=1S/C16H33NO3/c1-3-4-5-6-7-8-9-10-17-13-11-12(2)14(18)16(20)15(13)19/h12-20H,3-11H2,1-2H3/t12-,13-,14-,15-,16-/m1/s1. The van der Waals surface area contributed by atoms with Gasteiger partial charge in [-0.05, 0) is 25.3 Å². The lowest BCUT2D eigenvalue weighted by atomic mass is 9.80. The minimum atomic E-state index is -1.02. The molecule has 0 spiro atoms. The van der Waals surface area contributed by atoms with Gasteiger partial charge in [0.05, 0.1) is 12.2 Å². The molecule has 0 radical (unpaired) electrons. The van der Waals surface area contributed by atoms with Crippen molar-refractivity contribution in [2.45, 2.75) is 89.6 Å². The topological polar surface area (TPSA) is 72.7 Å². The van der Waals surface area contributed by atoms with Crippen LogP contribution in [0.25, 0.3) is 0 Å². The number of hydrogen-bond donors (Lipinski definition) is 4. The number of unbranched alkanes of at least 4 members (excludes halogenated alkanes) is 6. The van der Waals surface area contributed by atoms with E-state index in [4.69, 9.17) is 0 Å². The van der Waals surface area contributed by atoms with E-state index in [1.807, 2.05) is 6.92 Å². The first-order chi connectivity index (χ1) is 9.57. The molecule has 0 aromatic rings. The molecule has 0 unspecified atom stereocenters. The Morgan fingerprint density at radius 2 is 1.45 bits per heavy atom. The maximum absolute atomic E-state index is 9.95. The molecule has 1 saturated carbocycles. The second-order valence-corrected chi connectivity index (χ2v) is 6.37. The lowest BCUT2D eigenvalue weighted by Crippen LogP contribution is -2.57. The van der Waals surface area contributed by atoms with Crippen LogP contribution >= 0.6 is 0 Å². The maximum Gasteiger partial charge on any atom is 0.107 e. The SMILES string of the molecule is CCCCCCCCCN[C@@H]1C[C@@H](C)[C@@H](O)[C@@H](O)[C@@H]1O. The van der Waals surface area contributed by atoms with Gasteiger partial charge in [-0.2, -0.15) is 0 Å². The Kier molecular flexibility index (Phi) is 8.69. The summed E-state index contributed by atoms with van der Waals surface area (Å²) in [4.78, 5) is 0. The van der Waals surface area contributed by atoms with Gasteiger partial charge >= 0.3 is 0 Å². The van der Waals surface area contributed by atoms with Gasteiger partial charge in [0.15, 0.2) is 0 Å². The zero-order chi connectivity index (χ0) is 15.0. The minimum Gasteiger partial charge on any atom is -0.390 e. The third kappa shape index (κ3) is 5.68. The summed E-state index contributed by atoms with van der Waals surface area (Å²) in [5.41, 5.74) is 0. The molecule has 0 aromatic carbocycles. The monoisotopic (exact) mass is 287 g/mol. The van der Waals surface area contributed by atoms with Crippen LogP contribution in [0.2, 0.25) is 0 Å². The van der Waals surface area contributed by atoms with E-state index in [9.17, 15) is 15.3 Å². The van der Waals surface area contributed by atoms with Gasteiger partial charge in [0.2, 0.25) is 0 Å². The summed E-state index contributed by atoms with van der Waals surface area (Å²) in [6.45, 7) is 5.03. The van der Waals surface area contributed by atoms with Crippen LogP contribution in [-0.2, 0) is 0 Å². The van der Waals surface area contributed by atoms with Gasteiger partial charge in [-0.1, -0.05) is 52.4 Å². The molecule has 4 nitrogen and oxygen atoms in total. The largest absolute Gasteiger partial charge is 0.390 e. The molecular formula is C16H33NO3. The second-order valence-electron chi connectivity index (χ2n) is 6.37. The fourth-order valence-corrected chi connectivity index (χ4v) is 3.03. The van der Waals surface area contributed by atoms with Crippen LogP contribution in [0.1, 0.15) is 65.2 Å². The lowest BCUT2D eigenvalue weighted by molar-refractivity contribution is -0.119. The van der Waals surface area contributed by atoms with Crippen molar-refractivity contribution in [1.82, 2.24) is 5.32 Å². The number of aliphatic hydroxyl groups is 3. The Morgan fingerprint density at radius 1 is 0.850 bits per heavy atom. The number of rotatable bonds is 9. The normalized spacial score (nSPS) is 34.4. The van der Waals surface area contributed by atoms with Crippen molar-refractivity contribution in [1.29, 1.82) is 0 Å². The summed E-state index contributed by atoms with van der Waals surface area (Å²) in [5.74, 6) is 0.0277. The van der Waals surface area contributed by atoms with E-state index in [0.717, 1.165) is 19.4 Å². The van der Waals surface area contributed by atoms with Gasteiger partial charge < -0.3 is 20.6 Å². The second kappa shape index (κ2) is 9.72. The predicted octanol–water partition coefficient (Wildman–Crippen LogP) is 1.82. The van der Waals surface area contributed by atoms with Gasteiger partial charge in [0, 0.05) is 6.04 Å². The van der Waals surface area contributed by atoms with Crippen molar-refractivity contribution in [2.24, 2.45) is 5.92 Å². The third-order valence-electron chi connectivity index (χ3n) is 4.51. The highest BCUT2D eigenvalue weighted by Crippen LogP contribution is 2.25. The first kappa shape index (κ1) is 17.9. The van der Waals surface area contributed by atoms with Crippen molar-refractivity contribution >= 4 is 0 Å². The fourth-order valence-electron chi connectivity index (χ4n) is 3.03. The molecule has 4 heteroatoms. The highest BCUT2D eigenvalue weighted by Gasteiger charge is 2.40. The van der Waals surface area contributed by atoms with Gasteiger partial charge in [-0.15, -0.1) is 0 Å². The van der Waals surface area contributed by atoms with Crippen LogP contribution in [0.5, 0.6) is 0 Å². The Bertz CT molecular complexity index is 250. The highest BCUT2D eigenvalue weighted by atomic mass is 16.4. The molecule has 5 atom stereocenters. The molecule has 0 saturated heterocycles. The zero-order valence-corrected chi connectivity index (χ0v) is 13.1. The summed E-state index contributed by atoms with van der Waals surface area (Å²) >= 11 is 0. The Morgan fingerprint density at radius 3 is 2.10 bits per heavy atom. The molecule has 0 bridgehead atoms. The first-order valence-electron chi connectivity index (χ1n) is 8.35. The molecule has 4 N–H and O–H groups in total. The van der Waals surface area contributed by atoms with Crippen molar-refractivity contribution in [3.8, 4) is 0 Å². The van der Waals surface area contributed by atoms with E-state index < -0.39 is 18.3 Å². The van der Waals surface area contributed by atoms with Crippen LogP contribution in [-0.4, -0.2) is 46.2 Å². The van der Waals surface area contributed by atoms with Crippen molar-refractivity contribution in [3.63, 3.8) is 0 Å². The third-order valence-corrected chi connectivity index (χ3v) is 4.51. The van der Waals surface area contributed by atoms with Crippen LogP contribution in [0, 0.1) is 5.92 Å². The Hall–Kier alpha value is -0.160. The van der Waals surface area contributed by atoms with Crippen molar-refractivity contribution in [2.75, 3.05) is 6.54 Å². The smallest absolute Gasteiger partial charge is 0.107 e. The summed E-state index contributed by atoms with van der Waals surface area (Å²) in [6, 6.07) is -0.0940. The van der Waals surface area contributed by atoms with Crippen molar-refractivity contribution in [3.05, 3.63) is 0 Å². The molecule has 0 amide bonds. The summed E-state index contributed by atoms with van der Waals surface area (Å²) in [6.07, 6.45) is 6.94. The van der Waals surface area contributed by atoms with E-state index in [2.05, 4.69) is 12.2 Å². The Balaban J connectivity index is 2.09. The maximum atomic E-state index is 9.95. The van der Waals surface area contributed by atoms with Crippen LogP contribution in [0.4, 0.5) is 0 Å². The molecule has 0 heterocycles. The molecule has 0 aliphatic heterocycles. The van der Waals surface area contributed by atoms with Crippen molar-refractivity contribution < 1.29 is 15.3 Å². The predicted molar refractivity (Wildman–Crippen MR) is 81.6 cm³/mol. The molecular weight excluding hydrogens is 254 g/mol. The zero-order valence-electron chi connectivity index (χ0n) is 13.1. The lowest BCUT2D eigenvalue weighted by Gasteiger charge is -2.39. The molecule has 1 fully saturated rings. The summed E-state index contributed by atoms with van der Waals surface area (Å²) in [7, 11) is 0. The molecule has 1 aliphatic rings. The molecule has 0 aromatic heterocycles. The van der Waals surface area contributed by atoms with E-state index in [1.165, 1.54) is 38.5 Å². The van der Waals surface area contributed by atoms with Gasteiger partial charge in [-0.25, -0.2) is 0 Å². The van der Waals surface area contributed by atoms with E-state index >= 15 is 0 Å². The molecule has 20 heavy (non-hydrogen) atoms. The molecule has 1 rings (SSSR count). The summed E-state index contributed by atoms with van der Waals surface area (Å²) < 4.78 is 0. The van der Waals surface area contributed by atoms with Crippen LogP contribution in [0.3, 0.4) is 0 Å². The number of hydrogen-bond acceptors (Lipinski definition) is 4. The average Bonchev–Trinajstić information content (AvgIpc) is 2.44. The summed E-state index contributed by atoms with van der Waals surface area (Å²) in [5, 5.41) is 32.8. The van der Waals surface area contributed by atoms with Crippen LogP contribution < -0.4 is 5.32 Å². The van der Waals surface area contributed by atoms with Gasteiger partial charge in [0.1, 0.15) is 6.10 Å². The van der Waals surface area contributed by atoms with Gasteiger partial charge in [-0.3, -0.25) is 0 Å². The quantitative estimate of drug-likeness (QED) is 0.488. The van der Waals surface area contributed by atoms with E-state index in [1.54, 1.807) is 0 Å². The first-order valence-corrected chi connectivity index (χ1v) is 8.35. The fraction of sp³-hybridized carbons (Fsp3) is 1.00. The molecule has 120 valence electrons. The van der Waals surface area contributed by atoms with E-state index in [0.29, 0.717) is 0 Å². The minimum absolute atomic E-state index is 0.0277. The Labute approximate surface area is 123 Å². The molecule has 1 aliphatic carbocycles. The highest BCUT2D eigenvalue weighted by molar-refractivity contribution is 4.94. The number of aliphatic hydroxyl groups excluding tert-OH is 3. The van der Waals surface area contributed by atoms with E-state index in [-0.39, 0.29) is 12.0 Å². The van der Waals surface area contributed by atoms with Gasteiger partial charge in [0.25, 0.3) is 0 Å². The number of nitrogens with one attached hydrogen (secondary N) is 1. The average molecular weight is 287 g/mol. The van der Waals surface area contributed by atoms with Crippen LogP contribution in [0.15, 0.2) is 0 Å².